The van der Waals surface area contributed by atoms with Gasteiger partial charge in [0.2, 0.25) is 0 Å². The number of para-hydroxylation sites is 4. The number of methoxy groups -OCH3 is 4. The van der Waals surface area contributed by atoms with Gasteiger partial charge in [0.25, 0.3) is 0 Å². The van der Waals surface area contributed by atoms with Gasteiger partial charge in [-0.1, -0.05) is 133 Å². The van der Waals surface area contributed by atoms with Crippen molar-refractivity contribution >= 4 is 11.8 Å². The molecule has 0 unspecified atom stereocenters. The van der Waals surface area contributed by atoms with E-state index in [2.05, 4.69) is 24.3 Å². The van der Waals surface area contributed by atoms with Crippen molar-refractivity contribution in [2.24, 2.45) is 9.98 Å². The van der Waals surface area contributed by atoms with Crippen LogP contribution >= 0.6 is 0 Å². The average molecular weight is 949 g/mol. The minimum atomic E-state index is -1.18. The van der Waals surface area contributed by atoms with Crippen molar-refractivity contribution < 1.29 is 78.9 Å². The fourth-order valence-electron chi connectivity index (χ4n) is 8.09. The molecular formula is C47H42Br2N2NiO6. The van der Waals surface area contributed by atoms with E-state index >= 15 is 0 Å². The number of benzene rings is 6. The van der Waals surface area contributed by atoms with E-state index in [1.807, 2.05) is 133 Å². The molecule has 0 bridgehead atoms. The van der Waals surface area contributed by atoms with Crippen LogP contribution in [0.5, 0.6) is 23.0 Å². The molecule has 0 aromatic heterocycles. The third kappa shape index (κ3) is 7.63. The summed E-state index contributed by atoms with van der Waals surface area (Å²) in [5.74, 6) is 3.55. The second-order valence-electron chi connectivity index (χ2n) is 13.3. The molecule has 58 heavy (non-hydrogen) atoms. The maximum absolute atomic E-state index is 7.33. The Bertz CT molecular complexity index is 2100. The third-order valence-corrected chi connectivity index (χ3v) is 10.4. The number of nitrogens with zero attached hydrogens (tertiary/aromatic N) is 2. The minimum absolute atomic E-state index is 0. The Morgan fingerprint density at radius 2 is 0.672 bits per heavy atom. The van der Waals surface area contributed by atoms with Crippen molar-refractivity contribution in [1.82, 2.24) is 0 Å². The molecule has 0 fully saturated rings. The first-order valence-corrected chi connectivity index (χ1v) is 18.2. The van der Waals surface area contributed by atoms with Crippen molar-refractivity contribution in [3.05, 3.63) is 191 Å². The second-order valence-corrected chi connectivity index (χ2v) is 13.3. The van der Waals surface area contributed by atoms with Crippen LogP contribution in [-0.4, -0.2) is 40.2 Å². The largest absolute Gasteiger partial charge is 2.00 e. The van der Waals surface area contributed by atoms with Crippen molar-refractivity contribution in [3.63, 3.8) is 0 Å². The number of hydrogen-bond donors (Lipinski definition) is 0. The van der Waals surface area contributed by atoms with Crippen LogP contribution < -0.4 is 52.9 Å². The van der Waals surface area contributed by atoms with E-state index in [-0.39, 0.29) is 56.9 Å². The Kier molecular flexibility index (Phi) is 14.5. The molecule has 0 N–H and O–H groups in total. The molecule has 0 saturated heterocycles. The van der Waals surface area contributed by atoms with Crippen molar-refractivity contribution in [1.29, 1.82) is 0 Å². The van der Waals surface area contributed by atoms with Crippen LogP contribution in [0.25, 0.3) is 0 Å². The molecule has 2 aliphatic rings. The van der Waals surface area contributed by atoms with E-state index in [9.17, 15) is 0 Å². The third-order valence-electron chi connectivity index (χ3n) is 10.4. The molecule has 11 heteroatoms. The smallest absolute Gasteiger partial charge is 1.00 e. The molecule has 0 amide bonds. The maximum Gasteiger partial charge on any atom is 2.00 e. The van der Waals surface area contributed by atoms with Crippen LogP contribution in [0.2, 0.25) is 0 Å². The molecule has 2 aliphatic heterocycles. The van der Waals surface area contributed by atoms with E-state index < -0.39 is 23.3 Å². The summed E-state index contributed by atoms with van der Waals surface area (Å²) >= 11 is 0. The first-order chi connectivity index (χ1) is 27.1. The Morgan fingerprint density at radius 3 is 0.948 bits per heavy atom. The van der Waals surface area contributed by atoms with Crippen LogP contribution in [-0.2, 0) is 37.2 Å². The normalized spacial score (nSPS) is 17.0. The summed E-state index contributed by atoms with van der Waals surface area (Å²) in [7, 11) is 6.68. The van der Waals surface area contributed by atoms with E-state index in [1.165, 1.54) is 0 Å². The summed E-state index contributed by atoms with van der Waals surface area (Å²) < 4.78 is 38.7. The van der Waals surface area contributed by atoms with Gasteiger partial charge >= 0.3 is 16.5 Å². The summed E-state index contributed by atoms with van der Waals surface area (Å²) in [4.78, 5) is 10.8. The van der Waals surface area contributed by atoms with Crippen molar-refractivity contribution in [2.75, 3.05) is 28.4 Å². The summed E-state index contributed by atoms with van der Waals surface area (Å²) in [5, 5.41) is 0. The molecule has 0 aliphatic carbocycles. The SMILES string of the molecule is COc1ccccc1C1(c2ccccc2OC)OC(CC2=N[C@H](c3ccccc3)C(c3ccccc3OC)(c3ccccc3OC)O2)=N[C@@H]1c1ccccc1.[Br-].[Br-].[Ni+2]. The summed E-state index contributed by atoms with van der Waals surface area (Å²) in [6, 6.07) is 50.9. The first-order valence-electron chi connectivity index (χ1n) is 18.2. The zero-order valence-corrected chi connectivity index (χ0v) is 36.4. The van der Waals surface area contributed by atoms with Gasteiger partial charge in [0.05, 0.1) is 34.9 Å². The summed E-state index contributed by atoms with van der Waals surface area (Å²) in [6.07, 6.45) is 0.158. The van der Waals surface area contributed by atoms with Crippen molar-refractivity contribution in [2.45, 2.75) is 29.7 Å². The summed E-state index contributed by atoms with van der Waals surface area (Å²) in [6.45, 7) is 0. The van der Waals surface area contributed by atoms with Crippen molar-refractivity contribution in [3.8, 4) is 23.0 Å². The van der Waals surface area contributed by atoms with E-state index in [4.69, 9.17) is 38.4 Å². The summed E-state index contributed by atoms with van der Waals surface area (Å²) in [5.41, 5.74) is 2.79. The van der Waals surface area contributed by atoms with E-state index in [1.54, 1.807) is 28.4 Å². The molecule has 2 heterocycles. The Balaban J connectivity index is 0.00000214. The topological polar surface area (TPSA) is 80.1 Å². The van der Waals surface area contributed by atoms with Crippen LogP contribution in [0, 0.1) is 0 Å². The van der Waals surface area contributed by atoms with Crippen LogP contribution in [0.15, 0.2) is 168 Å². The van der Waals surface area contributed by atoms with Crippen LogP contribution in [0.3, 0.4) is 0 Å². The van der Waals surface area contributed by atoms with E-state index in [0.717, 1.165) is 33.4 Å². The van der Waals surface area contributed by atoms with Gasteiger partial charge in [-0.2, -0.15) is 0 Å². The molecule has 0 saturated carbocycles. The zero-order chi connectivity index (χ0) is 37.8. The predicted octanol–water partition coefficient (Wildman–Crippen LogP) is 3.64. The fourth-order valence-corrected chi connectivity index (χ4v) is 8.09. The molecule has 6 aromatic rings. The molecular weight excluding hydrogens is 907 g/mol. The average Bonchev–Trinajstić information content (AvgIpc) is 3.84. The van der Waals surface area contributed by atoms with E-state index in [0.29, 0.717) is 34.8 Å². The number of rotatable bonds is 12. The van der Waals surface area contributed by atoms with Gasteiger partial charge in [-0.15, -0.1) is 0 Å². The molecule has 2 atom stereocenters. The quantitative estimate of drug-likeness (QED) is 0.175. The van der Waals surface area contributed by atoms with Crippen LogP contribution in [0.4, 0.5) is 0 Å². The molecule has 8 nitrogen and oxygen atoms in total. The first kappa shape index (κ1) is 44.0. The van der Waals surface area contributed by atoms with Gasteiger partial charge in [-0.05, 0) is 35.4 Å². The Morgan fingerprint density at radius 1 is 0.414 bits per heavy atom. The second kappa shape index (κ2) is 19.1. The van der Waals surface area contributed by atoms with Crippen LogP contribution in [0.1, 0.15) is 51.9 Å². The molecule has 0 spiro atoms. The van der Waals surface area contributed by atoms with Gasteiger partial charge < -0.3 is 62.4 Å². The van der Waals surface area contributed by atoms with Gasteiger partial charge in [0, 0.05) is 22.3 Å². The van der Waals surface area contributed by atoms with Gasteiger partial charge in [-0.25, -0.2) is 9.98 Å². The number of hydrogen-bond acceptors (Lipinski definition) is 8. The van der Waals surface area contributed by atoms with Gasteiger partial charge in [0.15, 0.2) is 23.0 Å². The Hall–Kier alpha value is -5.09. The number of halogens is 2. The standard InChI is InChI=1S/C47H42N2O6.2BrH.Ni/c1-50-38-27-15-11-23-34(38)46(35-24-12-16-28-39(35)51-2)44(32-19-7-5-8-20-32)48-42(54-46)31-43-49-45(33-21-9-6-10-22-33)47(55-43,36-25-13-17-29-40(36)52-3)37-26-14-18-30-41(37)53-4;;;/h5-30,44-45H,31H2,1-4H3;2*1H;/q;;;+2/p-2/t44-,45-;;;/m1.../s1. The molecule has 0 radical (unpaired) electrons. The van der Waals surface area contributed by atoms with Gasteiger partial charge in [0.1, 0.15) is 35.1 Å². The molecule has 300 valence electrons. The minimum Gasteiger partial charge on any atom is -1.00 e. The molecule has 6 aromatic carbocycles. The Labute approximate surface area is 370 Å². The van der Waals surface area contributed by atoms with Gasteiger partial charge in [-0.3, -0.25) is 0 Å². The monoisotopic (exact) mass is 946 g/mol. The number of aliphatic imine (C=N–C) groups is 2. The zero-order valence-electron chi connectivity index (χ0n) is 32.3. The number of ether oxygens (including phenoxy) is 6. The maximum atomic E-state index is 7.33. The fraction of sp³-hybridized carbons (Fsp3) is 0.191. The molecule has 8 rings (SSSR count). The predicted molar refractivity (Wildman–Crippen MR) is 214 cm³/mol.